The summed E-state index contributed by atoms with van der Waals surface area (Å²) in [5.74, 6) is -0.739. The lowest BCUT2D eigenvalue weighted by molar-refractivity contribution is 0.0757. The van der Waals surface area contributed by atoms with Crippen molar-refractivity contribution >= 4 is 11.7 Å². The van der Waals surface area contributed by atoms with Gasteiger partial charge < -0.3 is 15.5 Å². The van der Waals surface area contributed by atoms with Crippen molar-refractivity contribution < 1.29 is 9.18 Å². The predicted molar refractivity (Wildman–Crippen MR) is 82.6 cm³/mol. The molecule has 0 saturated carbocycles. The van der Waals surface area contributed by atoms with Crippen LogP contribution in [0.5, 0.6) is 0 Å². The highest BCUT2D eigenvalue weighted by Gasteiger charge is 2.18. The maximum absolute atomic E-state index is 13.2. The van der Waals surface area contributed by atoms with Crippen molar-refractivity contribution in [3.8, 4) is 0 Å². The van der Waals surface area contributed by atoms with Gasteiger partial charge in [0.15, 0.2) is 0 Å². The summed E-state index contributed by atoms with van der Waals surface area (Å²) in [4.78, 5) is 20.1. The summed E-state index contributed by atoms with van der Waals surface area (Å²) < 4.78 is 13.2. The average molecular weight is 296 g/mol. The standard InChI is InChI=1S/C15H25FN4O/c1-4-19(5-2)8-7-9-20(6-3)15(21)13-10-12(16)11-18-14(13)17/h10-11H,4-9H2,1-3H3,(H2,17,18). The van der Waals surface area contributed by atoms with Crippen LogP contribution in [0.4, 0.5) is 10.2 Å². The number of nitrogen functional groups attached to an aromatic ring is 1. The quantitative estimate of drug-likeness (QED) is 0.797. The average Bonchev–Trinajstić information content (AvgIpc) is 2.49. The highest BCUT2D eigenvalue weighted by molar-refractivity contribution is 5.98. The fourth-order valence-electron chi connectivity index (χ4n) is 2.22. The number of carbonyl (C=O) groups excluding carboxylic acids is 1. The van der Waals surface area contributed by atoms with Gasteiger partial charge in [-0.3, -0.25) is 4.79 Å². The lowest BCUT2D eigenvalue weighted by Crippen LogP contribution is -2.35. The highest BCUT2D eigenvalue weighted by atomic mass is 19.1. The summed E-state index contributed by atoms with van der Waals surface area (Å²) in [7, 11) is 0. The Morgan fingerprint density at radius 2 is 1.90 bits per heavy atom. The van der Waals surface area contributed by atoms with E-state index in [-0.39, 0.29) is 17.3 Å². The molecule has 0 atom stereocenters. The van der Waals surface area contributed by atoms with Crippen LogP contribution in [0.15, 0.2) is 12.3 Å². The van der Waals surface area contributed by atoms with Crippen molar-refractivity contribution in [3.05, 3.63) is 23.6 Å². The summed E-state index contributed by atoms with van der Waals surface area (Å²) in [5.41, 5.74) is 5.81. The Morgan fingerprint density at radius 3 is 2.48 bits per heavy atom. The van der Waals surface area contributed by atoms with Crippen LogP contribution >= 0.6 is 0 Å². The molecule has 0 bridgehead atoms. The van der Waals surface area contributed by atoms with Gasteiger partial charge in [0.25, 0.3) is 5.91 Å². The third-order valence-corrected chi connectivity index (χ3v) is 3.58. The molecule has 1 aromatic heterocycles. The van der Waals surface area contributed by atoms with Crippen LogP contribution < -0.4 is 5.73 Å². The number of carbonyl (C=O) groups is 1. The second kappa shape index (κ2) is 8.56. The van der Waals surface area contributed by atoms with Crippen LogP contribution in [0.25, 0.3) is 0 Å². The Kier molecular flexibility index (Phi) is 7.08. The van der Waals surface area contributed by atoms with Crippen LogP contribution in [0.3, 0.4) is 0 Å². The van der Waals surface area contributed by atoms with Gasteiger partial charge >= 0.3 is 0 Å². The Labute approximate surface area is 125 Å². The highest BCUT2D eigenvalue weighted by Crippen LogP contribution is 2.13. The molecule has 1 amide bonds. The van der Waals surface area contributed by atoms with Gasteiger partial charge in [0.1, 0.15) is 11.6 Å². The van der Waals surface area contributed by atoms with Crippen molar-refractivity contribution in [3.63, 3.8) is 0 Å². The molecule has 2 N–H and O–H groups in total. The van der Waals surface area contributed by atoms with E-state index in [4.69, 9.17) is 5.73 Å². The van der Waals surface area contributed by atoms with Crippen LogP contribution in [0.2, 0.25) is 0 Å². The van der Waals surface area contributed by atoms with E-state index in [1.165, 1.54) is 0 Å². The molecule has 0 unspecified atom stereocenters. The molecule has 0 radical (unpaired) electrons. The minimum atomic E-state index is -0.549. The summed E-state index contributed by atoms with van der Waals surface area (Å²) in [6, 6.07) is 1.15. The third-order valence-electron chi connectivity index (χ3n) is 3.58. The van der Waals surface area contributed by atoms with Crippen molar-refractivity contribution in [1.29, 1.82) is 0 Å². The number of halogens is 1. The molecule has 6 heteroatoms. The van der Waals surface area contributed by atoms with Gasteiger partial charge in [0.05, 0.1) is 11.8 Å². The molecule has 0 fully saturated rings. The first kappa shape index (κ1) is 17.4. The van der Waals surface area contributed by atoms with E-state index in [0.29, 0.717) is 13.1 Å². The monoisotopic (exact) mass is 296 g/mol. The SMILES string of the molecule is CCN(CC)CCCN(CC)C(=O)c1cc(F)cnc1N. The Bertz CT molecular complexity index is 463. The van der Waals surface area contributed by atoms with E-state index in [1.807, 2.05) is 6.92 Å². The molecule has 0 aromatic carbocycles. The lowest BCUT2D eigenvalue weighted by Gasteiger charge is -2.24. The Balaban J connectivity index is 2.67. The number of hydrogen-bond acceptors (Lipinski definition) is 4. The van der Waals surface area contributed by atoms with Gasteiger partial charge in [-0.1, -0.05) is 13.8 Å². The van der Waals surface area contributed by atoms with Crippen molar-refractivity contribution in [2.75, 3.05) is 38.5 Å². The molecule has 0 aliphatic carbocycles. The number of pyridine rings is 1. The molecule has 1 aromatic rings. The fourth-order valence-corrected chi connectivity index (χ4v) is 2.22. The van der Waals surface area contributed by atoms with E-state index >= 15 is 0 Å². The van der Waals surface area contributed by atoms with Gasteiger partial charge in [0.2, 0.25) is 0 Å². The topological polar surface area (TPSA) is 62.5 Å². The number of nitrogens with two attached hydrogens (primary N) is 1. The molecular formula is C15H25FN4O. The van der Waals surface area contributed by atoms with E-state index < -0.39 is 5.82 Å². The minimum absolute atomic E-state index is 0.0728. The van der Waals surface area contributed by atoms with Crippen molar-refractivity contribution in [2.45, 2.75) is 27.2 Å². The number of hydrogen-bond donors (Lipinski definition) is 1. The van der Waals surface area contributed by atoms with E-state index in [0.717, 1.165) is 38.3 Å². The smallest absolute Gasteiger partial charge is 0.257 e. The van der Waals surface area contributed by atoms with Crippen LogP contribution in [0.1, 0.15) is 37.6 Å². The van der Waals surface area contributed by atoms with Crippen LogP contribution in [-0.4, -0.2) is 53.4 Å². The molecule has 21 heavy (non-hydrogen) atoms. The first-order valence-electron chi connectivity index (χ1n) is 7.46. The molecular weight excluding hydrogens is 271 g/mol. The largest absolute Gasteiger partial charge is 0.383 e. The molecule has 0 aliphatic heterocycles. The normalized spacial score (nSPS) is 10.9. The molecule has 0 spiro atoms. The number of aromatic nitrogens is 1. The van der Waals surface area contributed by atoms with Crippen molar-refractivity contribution in [1.82, 2.24) is 14.8 Å². The van der Waals surface area contributed by atoms with Crippen LogP contribution in [0, 0.1) is 5.82 Å². The molecule has 1 rings (SSSR count). The number of nitrogens with zero attached hydrogens (tertiary/aromatic N) is 3. The summed E-state index contributed by atoms with van der Waals surface area (Å²) >= 11 is 0. The van der Waals surface area contributed by atoms with Gasteiger partial charge in [-0.2, -0.15) is 0 Å². The second-order valence-corrected chi connectivity index (χ2v) is 4.85. The zero-order chi connectivity index (χ0) is 15.8. The zero-order valence-corrected chi connectivity index (χ0v) is 13.1. The van der Waals surface area contributed by atoms with Gasteiger partial charge in [-0.15, -0.1) is 0 Å². The van der Waals surface area contributed by atoms with E-state index in [1.54, 1.807) is 4.90 Å². The maximum Gasteiger partial charge on any atom is 0.257 e. The molecule has 5 nitrogen and oxygen atoms in total. The van der Waals surface area contributed by atoms with E-state index in [2.05, 4.69) is 23.7 Å². The number of amides is 1. The first-order valence-corrected chi connectivity index (χ1v) is 7.46. The van der Waals surface area contributed by atoms with Gasteiger partial charge in [0, 0.05) is 13.1 Å². The molecule has 0 aliphatic rings. The molecule has 118 valence electrons. The number of rotatable bonds is 8. The predicted octanol–water partition coefficient (Wildman–Crippen LogP) is 2.00. The van der Waals surface area contributed by atoms with Crippen LogP contribution in [-0.2, 0) is 0 Å². The van der Waals surface area contributed by atoms with Gasteiger partial charge in [-0.25, -0.2) is 9.37 Å². The minimum Gasteiger partial charge on any atom is -0.383 e. The maximum atomic E-state index is 13.2. The summed E-state index contributed by atoms with van der Waals surface area (Å²) in [6.45, 7) is 10.3. The molecule has 0 saturated heterocycles. The Hall–Kier alpha value is -1.69. The third kappa shape index (κ3) is 4.97. The first-order chi connectivity index (χ1) is 10.0. The van der Waals surface area contributed by atoms with E-state index in [9.17, 15) is 9.18 Å². The zero-order valence-electron chi connectivity index (χ0n) is 13.1. The second-order valence-electron chi connectivity index (χ2n) is 4.85. The van der Waals surface area contributed by atoms with Crippen molar-refractivity contribution in [2.24, 2.45) is 0 Å². The molecule has 1 heterocycles. The van der Waals surface area contributed by atoms with Gasteiger partial charge in [-0.05, 0) is 39.0 Å². The summed E-state index contributed by atoms with van der Waals surface area (Å²) in [5, 5.41) is 0. The Morgan fingerprint density at radius 1 is 1.24 bits per heavy atom. The fraction of sp³-hybridized carbons (Fsp3) is 0.600. The summed E-state index contributed by atoms with van der Waals surface area (Å²) in [6.07, 6.45) is 1.90. The number of anilines is 1. The lowest BCUT2D eigenvalue weighted by atomic mass is 10.2.